The van der Waals surface area contributed by atoms with Crippen LogP contribution in [0.5, 0.6) is 0 Å². The number of nitrogens with one attached hydrogen (secondary N) is 1. The average Bonchev–Trinajstić information content (AvgIpc) is 2.97. The molecule has 2 rings (SSSR count). The van der Waals surface area contributed by atoms with Crippen LogP contribution in [-0.4, -0.2) is 21.5 Å². The molecule has 3 N–H and O–H groups in total. The molecule has 1 amide bonds. The third-order valence-corrected chi connectivity index (χ3v) is 3.55. The number of carbonyl (C=O) groups excluding carboxylic acids is 1. The minimum absolute atomic E-state index is 0.320. The molecule has 1 fully saturated rings. The van der Waals surface area contributed by atoms with Crippen LogP contribution in [0, 0.1) is 0 Å². The highest BCUT2D eigenvalue weighted by atomic mass is 16.1. The molecule has 5 nitrogen and oxygen atoms in total. The van der Waals surface area contributed by atoms with Crippen LogP contribution in [-0.2, 0) is 11.3 Å². The van der Waals surface area contributed by atoms with E-state index in [0.29, 0.717) is 6.04 Å². The minimum Gasteiger partial charge on any atom is -0.368 e. The van der Waals surface area contributed by atoms with Gasteiger partial charge in [-0.05, 0) is 19.3 Å². The lowest BCUT2D eigenvalue weighted by atomic mass is 10.1. The summed E-state index contributed by atoms with van der Waals surface area (Å²) in [6.45, 7) is 2.97. The maximum atomic E-state index is 11.7. The van der Waals surface area contributed by atoms with E-state index in [1.165, 1.54) is 12.8 Å². The number of hydrogen-bond donors (Lipinski definition) is 2. The number of nitrogens with zero attached hydrogens (tertiary/aromatic N) is 2. The van der Waals surface area contributed by atoms with Gasteiger partial charge >= 0.3 is 0 Å². The van der Waals surface area contributed by atoms with E-state index < -0.39 is 6.04 Å². The van der Waals surface area contributed by atoms with Crippen LogP contribution >= 0.6 is 0 Å². The first kappa shape index (κ1) is 13.1. The van der Waals surface area contributed by atoms with Crippen molar-refractivity contribution < 1.29 is 4.79 Å². The first-order valence-corrected chi connectivity index (χ1v) is 6.77. The Morgan fingerprint density at radius 2 is 2.33 bits per heavy atom. The molecule has 0 bridgehead atoms. The summed E-state index contributed by atoms with van der Waals surface area (Å²) in [4.78, 5) is 15.8. The van der Waals surface area contributed by atoms with Crippen molar-refractivity contribution in [3.05, 3.63) is 18.2 Å². The Balaban J connectivity index is 2.12. The summed E-state index contributed by atoms with van der Waals surface area (Å²) in [6.07, 6.45) is 9.25. The quantitative estimate of drug-likeness (QED) is 0.800. The summed E-state index contributed by atoms with van der Waals surface area (Å²) in [5.41, 5.74) is 6.41. The SMILES string of the molecule is CCCn1cncc1C(NC1CCCC1)C(N)=O. The van der Waals surface area contributed by atoms with Gasteiger partial charge in [-0.3, -0.25) is 10.1 Å². The molecule has 1 aromatic heterocycles. The average molecular weight is 250 g/mol. The van der Waals surface area contributed by atoms with E-state index in [4.69, 9.17) is 5.73 Å². The Bertz CT molecular complexity index is 395. The molecule has 1 saturated carbocycles. The van der Waals surface area contributed by atoms with Crippen LogP contribution in [0.4, 0.5) is 0 Å². The lowest BCUT2D eigenvalue weighted by molar-refractivity contribution is -0.120. The molecular formula is C13H22N4O. The highest BCUT2D eigenvalue weighted by molar-refractivity contribution is 5.81. The summed E-state index contributed by atoms with van der Waals surface area (Å²) in [7, 11) is 0. The van der Waals surface area contributed by atoms with Crippen LogP contribution < -0.4 is 11.1 Å². The number of hydrogen-bond acceptors (Lipinski definition) is 3. The largest absolute Gasteiger partial charge is 0.368 e. The molecule has 1 aliphatic rings. The van der Waals surface area contributed by atoms with Gasteiger partial charge in [0.2, 0.25) is 5.91 Å². The Labute approximate surface area is 108 Å². The van der Waals surface area contributed by atoms with Crippen molar-refractivity contribution >= 4 is 5.91 Å². The van der Waals surface area contributed by atoms with E-state index in [9.17, 15) is 4.79 Å². The number of carbonyl (C=O) groups is 1. The van der Waals surface area contributed by atoms with Gasteiger partial charge in [-0.1, -0.05) is 19.8 Å². The van der Waals surface area contributed by atoms with E-state index >= 15 is 0 Å². The van der Waals surface area contributed by atoms with Crippen molar-refractivity contribution in [2.24, 2.45) is 5.73 Å². The number of primary amides is 1. The van der Waals surface area contributed by atoms with Crippen molar-refractivity contribution in [3.8, 4) is 0 Å². The zero-order valence-corrected chi connectivity index (χ0v) is 10.9. The number of amides is 1. The molecule has 1 heterocycles. The van der Waals surface area contributed by atoms with Gasteiger partial charge in [-0.15, -0.1) is 0 Å². The lowest BCUT2D eigenvalue weighted by Crippen LogP contribution is -2.39. The molecule has 1 aromatic rings. The van der Waals surface area contributed by atoms with Crippen LogP contribution in [0.25, 0.3) is 0 Å². The number of rotatable bonds is 6. The van der Waals surface area contributed by atoms with Gasteiger partial charge < -0.3 is 10.3 Å². The van der Waals surface area contributed by atoms with Crippen LogP contribution in [0.15, 0.2) is 12.5 Å². The first-order valence-electron chi connectivity index (χ1n) is 6.77. The van der Waals surface area contributed by atoms with E-state index in [-0.39, 0.29) is 5.91 Å². The molecule has 0 aromatic carbocycles. The van der Waals surface area contributed by atoms with Crippen molar-refractivity contribution in [2.45, 2.75) is 57.7 Å². The van der Waals surface area contributed by atoms with Gasteiger partial charge in [0.15, 0.2) is 0 Å². The van der Waals surface area contributed by atoms with Gasteiger partial charge in [0, 0.05) is 12.6 Å². The lowest BCUT2D eigenvalue weighted by Gasteiger charge is -2.21. The Morgan fingerprint density at radius 1 is 1.61 bits per heavy atom. The summed E-state index contributed by atoms with van der Waals surface area (Å²) in [5, 5.41) is 3.38. The highest BCUT2D eigenvalue weighted by Gasteiger charge is 2.26. The first-order chi connectivity index (χ1) is 8.72. The zero-order chi connectivity index (χ0) is 13.0. The van der Waals surface area contributed by atoms with Gasteiger partial charge in [-0.2, -0.15) is 0 Å². The van der Waals surface area contributed by atoms with Crippen molar-refractivity contribution in [1.29, 1.82) is 0 Å². The van der Waals surface area contributed by atoms with Crippen molar-refractivity contribution in [2.75, 3.05) is 0 Å². The smallest absolute Gasteiger partial charge is 0.240 e. The molecule has 0 radical (unpaired) electrons. The Morgan fingerprint density at radius 3 is 2.94 bits per heavy atom. The van der Waals surface area contributed by atoms with Gasteiger partial charge in [-0.25, -0.2) is 4.98 Å². The van der Waals surface area contributed by atoms with Crippen LogP contribution in [0.2, 0.25) is 0 Å². The summed E-state index contributed by atoms with van der Waals surface area (Å²) >= 11 is 0. The fourth-order valence-electron chi connectivity index (χ4n) is 2.64. The maximum Gasteiger partial charge on any atom is 0.240 e. The van der Waals surface area contributed by atoms with Gasteiger partial charge in [0.25, 0.3) is 0 Å². The normalized spacial score (nSPS) is 18.1. The molecule has 1 aliphatic carbocycles. The highest BCUT2D eigenvalue weighted by Crippen LogP contribution is 2.22. The molecule has 0 aliphatic heterocycles. The van der Waals surface area contributed by atoms with Gasteiger partial charge in [0.05, 0.1) is 18.2 Å². The molecule has 18 heavy (non-hydrogen) atoms. The van der Waals surface area contributed by atoms with Crippen LogP contribution in [0.1, 0.15) is 50.8 Å². The molecule has 1 unspecified atom stereocenters. The summed E-state index contributed by atoms with van der Waals surface area (Å²) in [6, 6.07) is -0.00498. The second-order valence-electron chi connectivity index (χ2n) is 5.00. The predicted octanol–water partition coefficient (Wildman–Crippen LogP) is 1.35. The van der Waals surface area contributed by atoms with Crippen LogP contribution in [0.3, 0.4) is 0 Å². The third kappa shape index (κ3) is 2.90. The van der Waals surface area contributed by atoms with E-state index in [0.717, 1.165) is 31.5 Å². The summed E-state index contributed by atoms with van der Waals surface area (Å²) < 4.78 is 2.01. The fraction of sp³-hybridized carbons (Fsp3) is 0.692. The monoisotopic (exact) mass is 250 g/mol. The van der Waals surface area contributed by atoms with E-state index in [1.54, 1.807) is 12.5 Å². The Hall–Kier alpha value is -1.36. The molecule has 5 heteroatoms. The molecule has 100 valence electrons. The molecular weight excluding hydrogens is 228 g/mol. The van der Waals surface area contributed by atoms with Crippen molar-refractivity contribution in [3.63, 3.8) is 0 Å². The standard InChI is InChI=1S/C13H22N4O/c1-2-7-17-9-15-8-11(17)12(13(14)18)16-10-5-3-4-6-10/h8-10,12,16H,2-7H2,1H3,(H2,14,18). The zero-order valence-electron chi connectivity index (χ0n) is 10.9. The minimum atomic E-state index is -0.415. The summed E-state index contributed by atoms with van der Waals surface area (Å²) in [5.74, 6) is -0.320. The topological polar surface area (TPSA) is 72.9 Å². The van der Waals surface area contributed by atoms with E-state index in [1.807, 2.05) is 4.57 Å². The second-order valence-corrected chi connectivity index (χ2v) is 5.00. The number of nitrogens with two attached hydrogens (primary N) is 1. The molecule has 0 saturated heterocycles. The number of imidazole rings is 1. The maximum absolute atomic E-state index is 11.7. The molecule has 1 atom stereocenters. The van der Waals surface area contributed by atoms with E-state index in [2.05, 4.69) is 17.2 Å². The second kappa shape index (κ2) is 6.00. The predicted molar refractivity (Wildman–Crippen MR) is 69.8 cm³/mol. The third-order valence-electron chi connectivity index (χ3n) is 3.55. The van der Waals surface area contributed by atoms with Crippen molar-refractivity contribution in [1.82, 2.24) is 14.9 Å². The number of aromatic nitrogens is 2. The Kier molecular flexibility index (Phi) is 4.36. The fourth-order valence-corrected chi connectivity index (χ4v) is 2.64. The molecule has 0 spiro atoms. The van der Waals surface area contributed by atoms with Gasteiger partial charge in [0.1, 0.15) is 6.04 Å². The number of aryl methyl sites for hydroxylation is 1.